The molecule has 2 fully saturated rings. The predicted molar refractivity (Wildman–Crippen MR) is 75.0 cm³/mol. The van der Waals surface area contributed by atoms with Crippen LogP contribution in [0.5, 0.6) is 0 Å². The molecule has 1 aliphatic heterocycles. The fraction of sp³-hybridized carbons (Fsp3) is 0.643. The van der Waals surface area contributed by atoms with Crippen molar-refractivity contribution in [2.24, 2.45) is 16.8 Å². The normalized spacial score (nSPS) is 20.5. The number of nitrogens with zero attached hydrogens (tertiary/aromatic N) is 1. The molecule has 3 aliphatic rings. The minimum absolute atomic E-state index is 0.558. The third-order valence-electron chi connectivity index (χ3n) is 3.50. The molecule has 0 aromatic heterocycles. The highest BCUT2D eigenvalue weighted by Gasteiger charge is 2.42. The molecule has 0 amide bonds. The molecule has 3 rings (SSSR count). The summed E-state index contributed by atoms with van der Waals surface area (Å²) in [5.41, 5.74) is 0. The first-order chi connectivity index (χ1) is 10.1. The Morgan fingerprint density at radius 1 is 1.14 bits per heavy atom. The highest BCUT2D eigenvalue weighted by atomic mass is 16.5. The number of ether oxygens (including phenoxy) is 1. The summed E-state index contributed by atoms with van der Waals surface area (Å²) in [6, 6.07) is 1.49. The molecule has 21 heavy (non-hydrogen) atoms. The number of hydrogen-bond donors (Lipinski definition) is 3. The Hall–Kier alpha value is -2.05. The third kappa shape index (κ3) is 5.85. The molecule has 0 aromatic rings. The van der Waals surface area contributed by atoms with E-state index < -0.39 is 11.9 Å². The average molecular weight is 296 g/mol. The maximum atomic E-state index is 9.55. The van der Waals surface area contributed by atoms with E-state index in [1.807, 2.05) is 0 Å². The zero-order valence-corrected chi connectivity index (χ0v) is 11.7. The molecule has 2 saturated carbocycles. The van der Waals surface area contributed by atoms with Crippen LogP contribution >= 0.6 is 0 Å². The predicted octanol–water partition coefficient (Wildman–Crippen LogP) is 0.863. The topological polar surface area (TPSA) is 108 Å². The van der Waals surface area contributed by atoms with E-state index in [-0.39, 0.29) is 0 Å². The van der Waals surface area contributed by atoms with Gasteiger partial charge in [-0.25, -0.2) is 14.6 Å². The zero-order valence-electron chi connectivity index (χ0n) is 11.7. The standard InChI is InChI=1S/C10H16N2O.C4H4O4/c1-2-7(1)9(8-3-4-8)12-10-11-5-6-13-10;5-3(6)1-2-4(7)8/h7-9H,1-6H2,(H,11,12);1-2H,(H,5,6)(H,7,8)/b;2-1-. The highest BCUT2D eigenvalue weighted by Crippen LogP contribution is 2.44. The third-order valence-corrected chi connectivity index (χ3v) is 3.50. The van der Waals surface area contributed by atoms with E-state index in [4.69, 9.17) is 14.9 Å². The van der Waals surface area contributed by atoms with Crippen LogP contribution in [-0.2, 0) is 14.3 Å². The SMILES string of the molecule is C1COC(NC(C2CC2)C2CC2)=N1.O=C(O)/C=C\C(=O)O. The second-order valence-electron chi connectivity index (χ2n) is 5.39. The molecule has 7 heteroatoms. The molecule has 3 N–H and O–H groups in total. The largest absolute Gasteiger partial charge is 0.478 e. The Balaban J connectivity index is 0.000000177. The minimum Gasteiger partial charge on any atom is -0.478 e. The molecule has 0 spiro atoms. The number of carbonyl (C=O) groups is 2. The van der Waals surface area contributed by atoms with Gasteiger partial charge in [-0.05, 0) is 37.5 Å². The van der Waals surface area contributed by atoms with E-state index in [9.17, 15) is 9.59 Å². The van der Waals surface area contributed by atoms with Gasteiger partial charge >= 0.3 is 11.9 Å². The molecule has 7 nitrogen and oxygen atoms in total. The van der Waals surface area contributed by atoms with Crippen molar-refractivity contribution in [3.8, 4) is 0 Å². The number of carboxylic acids is 2. The Morgan fingerprint density at radius 2 is 1.67 bits per heavy atom. The summed E-state index contributed by atoms with van der Waals surface area (Å²) in [4.78, 5) is 23.4. The van der Waals surface area contributed by atoms with Gasteiger partial charge < -0.3 is 20.3 Å². The first-order valence-corrected chi connectivity index (χ1v) is 7.14. The molecular formula is C14H20N2O5. The summed E-state index contributed by atoms with van der Waals surface area (Å²) in [7, 11) is 0. The Labute approximate surface area is 122 Å². The van der Waals surface area contributed by atoms with Gasteiger partial charge in [-0.2, -0.15) is 0 Å². The van der Waals surface area contributed by atoms with Crippen molar-refractivity contribution in [3.05, 3.63) is 12.2 Å². The number of nitrogens with one attached hydrogen (secondary N) is 1. The van der Waals surface area contributed by atoms with Crippen molar-refractivity contribution < 1.29 is 24.5 Å². The summed E-state index contributed by atoms with van der Waals surface area (Å²) in [5.74, 6) is -0.682. The van der Waals surface area contributed by atoms with E-state index in [1.165, 1.54) is 25.7 Å². The van der Waals surface area contributed by atoms with E-state index in [0.29, 0.717) is 18.2 Å². The van der Waals surface area contributed by atoms with Gasteiger partial charge in [0.2, 0.25) is 0 Å². The summed E-state index contributed by atoms with van der Waals surface area (Å²) in [6.45, 7) is 1.61. The zero-order chi connectivity index (χ0) is 15.2. The molecule has 0 unspecified atom stereocenters. The molecular weight excluding hydrogens is 276 g/mol. The van der Waals surface area contributed by atoms with Gasteiger partial charge in [0.25, 0.3) is 6.02 Å². The van der Waals surface area contributed by atoms with Gasteiger partial charge in [0.1, 0.15) is 6.61 Å². The van der Waals surface area contributed by atoms with Gasteiger partial charge in [0, 0.05) is 18.2 Å². The van der Waals surface area contributed by atoms with E-state index in [0.717, 1.165) is 31.0 Å². The molecule has 0 atom stereocenters. The number of amidine groups is 1. The fourth-order valence-electron chi connectivity index (χ4n) is 2.24. The summed E-state index contributed by atoms with van der Waals surface area (Å²) in [5, 5.41) is 19.1. The molecule has 1 heterocycles. The number of aliphatic carboxylic acids is 2. The number of carboxylic acid groups (broad SMARTS) is 2. The lowest BCUT2D eigenvalue weighted by Gasteiger charge is -2.17. The van der Waals surface area contributed by atoms with Crippen LogP contribution in [0.15, 0.2) is 17.1 Å². The first kappa shape index (κ1) is 15.3. The highest BCUT2D eigenvalue weighted by molar-refractivity contribution is 5.89. The second-order valence-corrected chi connectivity index (χ2v) is 5.39. The summed E-state index contributed by atoms with van der Waals surface area (Å²) >= 11 is 0. The lowest BCUT2D eigenvalue weighted by molar-refractivity contribution is -0.134. The second kappa shape index (κ2) is 7.10. The molecule has 116 valence electrons. The first-order valence-electron chi connectivity index (χ1n) is 7.14. The van der Waals surface area contributed by atoms with Crippen LogP contribution in [0.3, 0.4) is 0 Å². The van der Waals surface area contributed by atoms with Crippen LogP contribution in [-0.4, -0.2) is 47.4 Å². The number of hydrogen-bond acceptors (Lipinski definition) is 5. The maximum absolute atomic E-state index is 9.55. The van der Waals surface area contributed by atoms with Crippen molar-refractivity contribution in [2.45, 2.75) is 31.7 Å². The molecule has 0 saturated heterocycles. The fourth-order valence-corrected chi connectivity index (χ4v) is 2.24. The van der Waals surface area contributed by atoms with Gasteiger partial charge in [0.15, 0.2) is 0 Å². The van der Waals surface area contributed by atoms with Crippen LogP contribution < -0.4 is 5.32 Å². The summed E-state index contributed by atoms with van der Waals surface area (Å²) < 4.78 is 5.38. The molecule has 0 bridgehead atoms. The van der Waals surface area contributed by atoms with Crippen molar-refractivity contribution >= 4 is 18.0 Å². The smallest absolute Gasteiger partial charge is 0.328 e. The summed E-state index contributed by atoms with van der Waals surface area (Å²) in [6.07, 6.45) is 6.73. The van der Waals surface area contributed by atoms with Gasteiger partial charge in [0.05, 0.1) is 6.54 Å². The van der Waals surface area contributed by atoms with Gasteiger partial charge in [-0.1, -0.05) is 0 Å². The van der Waals surface area contributed by atoms with Crippen LogP contribution in [0.25, 0.3) is 0 Å². The van der Waals surface area contributed by atoms with Crippen LogP contribution in [0.2, 0.25) is 0 Å². The quantitative estimate of drug-likeness (QED) is 0.649. The maximum Gasteiger partial charge on any atom is 0.328 e. The molecule has 2 aliphatic carbocycles. The van der Waals surface area contributed by atoms with Gasteiger partial charge in [-0.3, -0.25) is 0 Å². The van der Waals surface area contributed by atoms with Crippen LogP contribution in [0.1, 0.15) is 25.7 Å². The van der Waals surface area contributed by atoms with E-state index in [1.54, 1.807) is 0 Å². The van der Waals surface area contributed by atoms with Crippen molar-refractivity contribution in [2.75, 3.05) is 13.2 Å². The van der Waals surface area contributed by atoms with E-state index in [2.05, 4.69) is 10.3 Å². The van der Waals surface area contributed by atoms with Crippen LogP contribution in [0, 0.1) is 11.8 Å². The minimum atomic E-state index is -1.26. The lowest BCUT2D eigenvalue weighted by Crippen LogP contribution is -2.38. The molecule has 0 radical (unpaired) electrons. The van der Waals surface area contributed by atoms with Crippen molar-refractivity contribution in [3.63, 3.8) is 0 Å². The number of rotatable bonds is 5. The molecule has 0 aromatic carbocycles. The lowest BCUT2D eigenvalue weighted by atomic mass is 10.1. The van der Waals surface area contributed by atoms with E-state index >= 15 is 0 Å². The van der Waals surface area contributed by atoms with Crippen molar-refractivity contribution in [1.29, 1.82) is 0 Å². The Bertz CT molecular complexity index is 424. The Kier molecular flexibility index (Phi) is 5.19. The van der Waals surface area contributed by atoms with Crippen molar-refractivity contribution in [1.82, 2.24) is 5.32 Å². The number of aliphatic imine (C=N–C) groups is 1. The average Bonchev–Trinajstić information content (AvgIpc) is 3.36. The van der Waals surface area contributed by atoms with Gasteiger partial charge in [-0.15, -0.1) is 0 Å². The monoisotopic (exact) mass is 296 g/mol. The Morgan fingerprint density at radius 3 is 2.00 bits per heavy atom. The van der Waals surface area contributed by atoms with Crippen LogP contribution in [0.4, 0.5) is 0 Å².